The summed E-state index contributed by atoms with van der Waals surface area (Å²) in [6.07, 6.45) is 0.173. The van der Waals surface area contributed by atoms with Gasteiger partial charge >= 0.3 is 0 Å². The van der Waals surface area contributed by atoms with E-state index in [9.17, 15) is 14.0 Å². The molecule has 2 rings (SSSR count). The topological polar surface area (TPSA) is 37.4 Å². The maximum absolute atomic E-state index is 13.1. The fourth-order valence-corrected chi connectivity index (χ4v) is 2.81. The molecule has 1 heterocycles. The van der Waals surface area contributed by atoms with E-state index >= 15 is 0 Å². The molecule has 0 unspecified atom stereocenters. The molecule has 1 aromatic rings. The number of rotatable bonds is 1. The third-order valence-corrected chi connectivity index (χ3v) is 3.41. The summed E-state index contributed by atoms with van der Waals surface area (Å²) in [5.74, 6) is -0.873. The van der Waals surface area contributed by atoms with Crippen LogP contribution < -0.4 is 4.90 Å². The van der Waals surface area contributed by atoms with Crippen LogP contribution in [-0.2, 0) is 9.59 Å². The maximum Gasteiger partial charge on any atom is 0.234 e. The Balaban J connectivity index is 2.40. The monoisotopic (exact) mass is 319 g/mol. The van der Waals surface area contributed by atoms with Crippen molar-refractivity contribution in [1.82, 2.24) is 0 Å². The zero-order valence-corrected chi connectivity index (χ0v) is 11.0. The van der Waals surface area contributed by atoms with E-state index in [-0.39, 0.29) is 29.7 Å². The zero-order chi connectivity index (χ0) is 12.6. The van der Waals surface area contributed by atoms with Crippen LogP contribution in [0, 0.1) is 5.82 Å². The number of carbonyl (C=O) groups is 2. The van der Waals surface area contributed by atoms with Gasteiger partial charge in [0.25, 0.3) is 0 Å². The highest BCUT2D eigenvalue weighted by Crippen LogP contribution is 2.36. The molecule has 0 N–H and O–H groups in total. The van der Waals surface area contributed by atoms with Gasteiger partial charge in [-0.15, -0.1) is 0 Å². The van der Waals surface area contributed by atoms with Gasteiger partial charge in [0, 0.05) is 17.4 Å². The lowest BCUT2D eigenvalue weighted by Gasteiger charge is -2.27. The van der Waals surface area contributed by atoms with Crippen molar-refractivity contribution in [3.63, 3.8) is 0 Å². The van der Waals surface area contributed by atoms with Gasteiger partial charge in [-0.2, -0.15) is 0 Å². The van der Waals surface area contributed by atoms with Gasteiger partial charge in [0.1, 0.15) is 11.6 Å². The molecule has 3 nitrogen and oxygen atoms in total. The van der Waals surface area contributed by atoms with Crippen molar-refractivity contribution < 1.29 is 14.0 Å². The summed E-state index contributed by atoms with van der Waals surface area (Å²) in [4.78, 5) is 24.3. The summed E-state index contributed by atoms with van der Waals surface area (Å²) in [7, 11) is 0. The molecule has 6 heteroatoms. The predicted molar refractivity (Wildman–Crippen MR) is 65.7 cm³/mol. The van der Waals surface area contributed by atoms with Crippen molar-refractivity contribution in [2.75, 3.05) is 11.4 Å². The van der Waals surface area contributed by atoms with Gasteiger partial charge in [0.15, 0.2) is 0 Å². The summed E-state index contributed by atoms with van der Waals surface area (Å²) in [5, 5.41) is 0.152. The standard InChI is InChI=1S/C11H8BrClFNO2/c12-8-3-6(14)4-9(13)11(8)15-2-1-7(16)5-10(15)17/h3-4H,1-2,5H2. The minimum atomic E-state index is -0.480. The van der Waals surface area contributed by atoms with Crippen LogP contribution in [0.2, 0.25) is 5.02 Å². The Labute approximate surface area is 111 Å². The van der Waals surface area contributed by atoms with Crippen LogP contribution in [0.3, 0.4) is 0 Å². The van der Waals surface area contributed by atoms with Crippen LogP contribution in [0.5, 0.6) is 0 Å². The van der Waals surface area contributed by atoms with Crippen LogP contribution in [0.4, 0.5) is 10.1 Å². The van der Waals surface area contributed by atoms with E-state index in [0.717, 1.165) is 6.07 Å². The number of hydrogen-bond acceptors (Lipinski definition) is 2. The molecule has 0 saturated carbocycles. The van der Waals surface area contributed by atoms with E-state index in [1.165, 1.54) is 11.0 Å². The van der Waals surface area contributed by atoms with Crippen molar-refractivity contribution in [2.24, 2.45) is 0 Å². The number of anilines is 1. The molecule has 17 heavy (non-hydrogen) atoms. The first kappa shape index (κ1) is 12.5. The van der Waals surface area contributed by atoms with Gasteiger partial charge in [0.05, 0.1) is 17.1 Å². The van der Waals surface area contributed by atoms with Gasteiger partial charge in [-0.3, -0.25) is 9.59 Å². The average molecular weight is 321 g/mol. The lowest BCUT2D eigenvalue weighted by atomic mass is 10.1. The van der Waals surface area contributed by atoms with E-state index in [1.807, 2.05) is 0 Å². The summed E-state index contributed by atoms with van der Waals surface area (Å²) in [6.45, 7) is 0.279. The molecule has 0 bridgehead atoms. The SMILES string of the molecule is O=C1CCN(c2c(Cl)cc(F)cc2Br)C(=O)C1. The predicted octanol–water partition coefficient (Wildman–Crippen LogP) is 2.94. The lowest BCUT2D eigenvalue weighted by molar-refractivity contribution is -0.128. The highest BCUT2D eigenvalue weighted by molar-refractivity contribution is 9.10. The van der Waals surface area contributed by atoms with Gasteiger partial charge in [0.2, 0.25) is 5.91 Å². The highest BCUT2D eigenvalue weighted by Gasteiger charge is 2.28. The molecule has 90 valence electrons. The largest absolute Gasteiger partial charge is 0.309 e. The Morgan fingerprint density at radius 3 is 2.65 bits per heavy atom. The molecule has 1 aliphatic rings. The summed E-state index contributed by atoms with van der Waals surface area (Å²) in [5.41, 5.74) is 0.422. The Morgan fingerprint density at radius 1 is 1.35 bits per heavy atom. The molecular weight excluding hydrogens is 312 g/mol. The number of benzene rings is 1. The maximum atomic E-state index is 13.1. The summed E-state index contributed by atoms with van der Waals surface area (Å²) >= 11 is 9.09. The number of Topliss-reactive ketones (excluding diaryl/α,β-unsaturated/α-hetero) is 1. The van der Waals surface area contributed by atoms with Gasteiger partial charge in [-0.05, 0) is 28.1 Å². The second-order valence-electron chi connectivity index (χ2n) is 3.73. The first-order valence-corrected chi connectivity index (χ1v) is 6.12. The van der Waals surface area contributed by atoms with E-state index in [2.05, 4.69) is 15.9 Å². The van der Waals surface area contributed by atoms with Crippen LogP contribution in [0.25, 0.3) is 0 Å². The van der Waals surface area contributed by atoms with Gasteiger partial charge in [-0.25, -0.2) is 4.39 Å². The van der Waals surface area contributed by atoms with E-state index in [4.69, 9.17) is 11.6 Å². The van der Waals surface area contributed by atoms with E-state index in [0.29, 0.717) is 16.6 Å². The number of nitrogens with zero attached hydrogens (tertiary/aromatic N) is 1. The Hall–Kier alpha value is -0.940. The fraction of sp³-hybridized carbons (Fsp3) is 0.273. The van der Waals surface area contributed by atoms with Gasteiger partial charge < -0.3 is 4.90 Å². The number of amides is 1. The molecule has 1 aromatic carbocycles. The second kappa shape index (κ2) is 4.74. The third kappa shape index (κ3) is 2.50. The minimum Gasteiger partial charge on any atom is -0.309 e. The summed E-state index contributed by atoms with van der Waals surface area (Å²) in [6, 6.07) is 2.39. The molecule has 1 saturated heterocycles. The van der Waals surface area contributed by atoms with E-state index in [1.54, 1.807) is 0 Å². The zero-order valence-electron chi connectivity index (χ0n) is 8.67. The van der Waals surface area contributed by atoms with Crippen LogP contribution >= 0.6 is 27.5 Å². The van der Waals surface area contributed by atoms with Crippen molar-refractivity contribution >= 4 is 44.9 Å². The third-order valence-electron chi connectivity index (χ3n) is 2.52. The first-order chi connectivity index (χ1) is 7.99. The molecule has 0 aromatic heterocycles. The molecule has 0 atom stereocenters. The number of piperidine rings is 1. The first-order valence-electron chi connectivity index (χ1n) is 4.95. The van der Waals surface area contributed by atoms with Crippen LogP contribution in [0.15, 0.2) is 16.6 Å². The number of ketones is 1. The van der Waals surface area contributed by atoms with Crippen molar-refractivity contribution in [3.8, 4) is 0 Å². The molecule has 1 amide bonds. The highest BCUT2D eigenvalue weighted by atomic mass is 79.9. The van der Waals surface area contributed by atoms with Crippen molar-refractivity contribution in [1.29, 1.82) is 0 Å². The normalized spacial score (nSPS) is 16.5. The number of carbonyl (C=O) groups excluding carboxylic acids is 2. The minimum absolute atomic E-state index is 0.0828. The molecule has 1 fully saturated rings. The molecule has 0 spiro atoms. The number of hydrogen-bond donors (Lipinski definition) is 0. The lowest BCUT2D eigenvalue weighted by Crippen LogP contribution is -2.39. The smallest absolute Gasteiger partial charge is 0.234 e. The molecular formula is C11H8BrClFNO2. The Kier molecular flexibility index (Phi) is 3.49. The van der Waals surface area contributed by atoms with E-state index < -0.39 is 5.82 Å². The van der Waals surface area contributed by atoms with Crippen LogP contribution in [0.1, 0.15) is 12.8 Å². The quantitative estimate of drug-likeness (QED) is 0.746. The average Bonchev–Trinajstić information content (AvgIpc) is 2.19. The van der Waals surface area contributed by atoms with Crippen molar-refractivity contribution in [3.05, 3.63) is 27.4 Å². The molecule has 1 aliphatic heterocycles. The van der Waals surface area contributed by atoms with Crippen LogP contribution in [-0.4, -0.2) is 18.2 Å². The fourth-order valence-electron chi connectivity index (χ4n) is 1.74. The molecule has 0 aliphatic carbocycles. The second-order valence-corrected chi connectivity index (χ2v) is 4.99. The number of halogens is 3. The summed E-state index contributed by atoms with van der Waals surface area (Å²) < 4.78 is 13.5. The molecule has 0 radical (unpaired) electrons. The Morgan fingerprint density at radius 2 is 2.06 bits per heavy atom. The van der Waals surface area contributed by atoms with Crippen molar-refractivity contribution in [2.45, 2.75) is 12.8 Å². The van der Waals surface area contributed by atoms with Gasteiger partial charge in [-0.1, -0.05) is 11.6 Å². The Bertz CT molecular complexity index is 483.